The molecule has 1 heterocycles. The van der Waals surface area contributed by atoms with Crippen LogP contribution in [0, 0.1) is 0 Å². The number of halogens is 1. The number of nitrogens with one attached hydrogen (secondary N) is 1. The van der Waals surface area contributed by atoms with Gasteiger partial charge in [-0.2, -0.15) is 0 Å². The second-order valence-corrected chi connectivity index (χ2v) is 5.13. The van der Waals surface area contributed by atoms with Gasteiger partial charge >= 0.3 is 6.09 Å². The zero-order valence-corrected chi connectivity index (χ0v) is 12.1. The van der Waals surface area contributed by atoms with Gasteiger partial charge < -0.3 is 10.1 Å². The molecule has 106 valence electrons. The number of ether oxygens (including phenoxy) is 1. The first-order valence-electron chi connectivity index (χ1n) is 6.48. The van der Waals surface area contributed by atoms with Gasteiger partial charge in [-0.1, -0.05) is 36.4 Å². The predicted molar refractivity (Wildman–Crippen MR) is 80.5 cm³/mol. The van der Waals surface area contributed by atoms with Crippen LogP contribution in [0.25, 0.3) is 0 Å². The van der Waals surface area contributed by atoms with Crippen LogP contribution in [0.15, 0.2) is 41.9 Å². The Hall–Kier alpha value is -1.81. The minimum absolute atomic E-state index is 0.136. The minimum atomic E-state index is -0.453. The molecule has 0 spiro atoms. The fourth-order valence-corrected chi connectivity index (χ4v) is 2.30. The van der Waals surface area contributed by atoms with Crippen molar-refractivity contribution in [3.63, 3.8) is 0 Å². The number of hydrogen-bond acceptors (Lipinski definition) is 3. The summed E-state index contributed by atoms with van der Waals surface area (Å²) < 4.78 is 4.95. The van der Waals surface area contributed by atoms with Crippen LogP contribution >= 0.6 is 11.6 Å². The van der Waals surface area contributed by atoms with E-state index in [0.29, 0.717) is 5.02 Å². The molecule has 0 saturated heterocycles. The standard InChI is InChI=1S/C15H17ClN2O2/c1-3-8-20-15(19)18-13-9-10(2)17-14(13)11-4-6-12(16)7-5-11/h3-7,10,13H,1,8-9H2,2H3,(H,18,19)/t10-,13?/m1/s1. The number of alkyl carbamates (subject to hydrolysis) is 1. The maximum Gasteiger partial charge on any atom is 0.407 e. The average Bonchev–Trinajstić information content (AvgIpc) is 2.78. The molecule has 1 amide bonds. The lowest BCUT2D eigenvalue weighted by atomic mass is 10.0. The summed E-state index contributed by atoms with van der Waals surface area (Å²) in [5, 5.41) is 3.51. The van der Waals surface area contributed by atoms with Crippen molar-refractivity contribution in [3.8, 4) is 0 Å². The maximum absolute atomic E-state index is 11.6. The molecule has 0 aliphatic carbocycles. The van der Waals surface area contributed by atoms with Crippen LogP contribution in [0.4, 0.5) is 4.79 Å². The van der Waals surface area contributed by atoms with Gasteiger partial charge in [-0.3, -0.25) is 4.99 Å². The third kappa shape index (κ3) is 3.61. The molecule has 2 atom stereocenters. The van der Waals surface area contributed by atoms with E-state index in [0.717, 1.165) is 17.7 Å². The second kappa shape index (κ2) is 6.57. The Morgan fingerprint density at radius 3 is 2.90 bits per heavy atom. The van der Waals surface area contributed by atoms with Crippen LogP contribution in [-0.2, 0) is 4.74 Å². The van der Waals surface area contributed by atoms with Gasteiger partial charge in [0.1, 0.15) is 6.61 Å². The molecule has 20 heavy (non-hydrogen) atoms. The molecule has 1 aromatic rings. The summed E-state index contributed by atoms with van der Waals surface area (Å²) in [6, 6.07) is 7.48. The fraction of sp³-hybridized carbons (Fsp3) is 0.333. The number of amides is 1. The molecule has 0 bridgehead atoms. The zero-order valence-electron chi connectivity index (χ0n) is 11.3. The maximum atomic E-state index is 11.6. The zero-order chi connectivity index (χ0) is 14.5. The van der Waals surface area contributed by atoms with Crippen LogP contribution in [0.1, 0.15) is 18.9 Å². The average molecular weight is 293 g/mol. The highest BCUT2D eigenvalue weighted by atomic mass is 35.5. The number of benzene rings is 1. The van der Waals surface area contributed by atoms with E-state index >= 15 is 0 Å². The Labute approximate surface area is 123 Å². The smallest absolute Gasteiger partial charge is 0.407 e. The van der Waals surface area contributed by atoms with Crippen molar-refractivity contribution in [2.45, 2.75) is 25.4 Å². The molecule has 1 N–H and O–H groups in total. The largest absolute Gasteiger partial charge is 0.445 e. The predicted octanol–water partition coefficient (Wildman–Crippen LogP) is 3.20. The Kier molecular flexibility index (Phi) is 4.79. The van der Waals surface area contributed by atoms with Crippen molar-refractivity contribution in [2.75, 3.05) is 6.61 Å². The Bertz CT molecular complexity index is 525. The van der Waals surface area contributed by atoms with Crippen LogP contribution in [0.2, 0.25) is 5.02 Å². The summed E-state index contributed by atoms with van der Waals surface area (Å²) >= 11 is 5.89. The van der Waals surface area contributed by atoms with E-state index < -0.39 is 6.09 Å². The number of rotatable bonds is 4. The first kappa shape index (κ1) is 14.6. The third-order valence-electron chi connectivity index (χ3n) is 3.03. The molecule has 0 radical (unpaired) electrons. The van der Waals surface area contributed by atoms with E-state index in [1.54, 1.807) is 0 Å². The van der Waals surface area contributed by atoms with Crippen molar-refractivity contribution in [2.24, 2.45) is 4.99 Å². The third-order valence-corrected chi connectivity index (χ3v) is 3.28. The van der Waals surface area contributed by atoms with Crippen molar-refractivity contribution >= 4 is 23.4 Å². The monoisotopic (exact) mass is 292 g/mol. The molecular formula is C15H17ClN2O2. The van der Waals surface area contributed by atoms with Crippen molar-refractivity contribution < 1.29 is 9.53 Å². The fourth-order valence-electron chi connectivity index (χ4n) is 2.18. The first-order valence-corrected chi connectivity index (χ1v) is 6.85. The van der Waals surface area contributed by atoms with Gasteiger partial charge in [0.25, 0.3) is 0 Å². The van der Waals surface area contributed by atoms with Gasteiger partial charge in [0, 0.05) is 11.1 Å². The lowest BCUT2D eigenvalue weighted by Gasteiger charge is -2.15. The SMILES string of the molecule is C=CCOC(=O)NC1C[C@@H](C)N=C1c1ccc(Cl)cc1. The summed E-state index contributed by atoms with van der Waals surface area (Å²) in [6.45, 7) is 5.72. The Balaban J connectivity index is 2.09. The van der Waals surface area contributed by atoms with E-state index in [9.17, 15) is 4.79 Å². The molecule has 1 aromatic carbocycles. The Morgan fingerprint density at radius 2 is 2.25 bits per heavy atom. The molecule has 0 aromatic heterocycles. The highest BCUT2D eigenvalue weighted by Gasteiger charge is 2.28. The van der Waals surface area contributed by atoms with E-state index in [2.05, 4.69) is 16.9 Å². The van der Waals surface area contributed by atoms with E-state index in [4.69, 9.17) is 16.3 Å². The molecule has 1 aliphatic heterocycles. The molecule has 1 unspecified atom stereocenters. The number of carbonyl (C=O) groups excluding carboxylic acids is 1. The van der Waals surface area contributed by atoms with Gasteiger partial charge in [-0.05, 0) is 31.0 Å². The van der Waals surface area contributed by atoms with Crippen LogP contribution in [-0.4, -0.2) is 30.5 Å². The molecule has 1 aliphatic rings. The van der Waals surface area contributed by atoms with Crippen molar-refractivity contribution in [1.82, 2.24) is 5.32 Å². The highest BCUT2D eigenvalue weighted by molar-refractivity contribution is 6.30. The summed E-state index contributed by atoms with van der Waals surface area (Å²) in [4.78, 5) is 16.2. The number of nitrogens with zero attached hydrogens (tertiary/aromatic N) is 1. The van der Waals surface area contributed by atoms with Gasteiger partial charge in [-0.25, -0.2) is 4.79 Å². The number of aliphatic imine (C=N–C) groups is 1. The summed E-state index contributed by atoms with van der Waals surface area (Å²) in [6.07, 6.45) is 1.84. The van der Waals surface area contributed by atoms with Crippen LogP contribution in [0.3, 0.4) is 0 Å². The van der Waals surface area contributed by atoms with Gasteiger partial charge in [0.15, 0.2) is 0 Å². The summed E-state index contributed by atoms with van der Waals surface area (Å²) in [5.41, 5.74) is 1.83. The molecule has 0 saturated carbocycles. The number of hydrogen-bond donors (Lipinski definition) is 1. The quantitative estimate of drug-likeness (QED) is 0.866. The summed E-state index contributed by atoms with van der Waals surface area (Å²) in [5.74, 6) is 0. The van der Waals surface area contributed by atoms with Crippen LogP contribution in [0.5, 0.6) is 0 Å². The van der Waals surface area contributed by atoms with E-state index in [-0.39, 0.29) is 18.7 Å². The van der Waals surface area contributed by atoms with E-state index in [1.165, 1.54) is 6.08 Å². The molecule has 4 nitrogen and oxygen atoms in total. The van der Waals surface area contributed by atoms with Crippen LogP contribution < -0.4 is 5.32 Å². The van der Waals surface area contributed by atoms with E-state index in [1.807, 2.05) is 31.2 Å². The normalized spacial score (nSPS) is 21.2. The van der Waals surface area contributed by atoms with Gasteiger partial charge in [-0.15, -0.1) is 0 Å². The minimum Gasteiger partial charge on any atom is -0.445 e. The molecular weight excluding hydrogens is 276 g/mol. The summed E-state index contributed by atoms with van der Waals surface area (Å²) in [7, 11) is 0. The lowest BCUT2D eigenvalue weighted by Crippen LogP contribution is -2.39. The molecule has 5 heteroatoms. The Morgan fingerprint density at radius 1 is 1.55 bits per heavy atom. The van der Waals surface area contributed by atoms with Crippen molar-refractivity contribution in [1.29, 1.82) is 0 Å². The van der Waals surface area contributed by atoms with Gasteiger partial charge in [0.2, 0.25) is 0 Å². The molecule has 2 rings (SSSR count). The second-order valence-electron chi connectivity index (χ2n) is 4.69. The topological polar surface area (TPSA) is 50.7 Å². The highest BCUT2D eigenvalue weighted by Crippen LogP contribution is 2.20. The van der Waals surface area contributed by atoms with Crippen molar-refractivity contribution in [3.05, 3.63) is 47.5 Å². The molecule has 0 fully saturated rings. The van der Waals surface area contributed by atoms with Gasteiger partial charge in [0.05, 0.1) is 11.8 Å². The first-order chi connectivity index (χ1) is 9.60. The lowest BCUT2D eigenvalue weighted by molar-refractivity contribution is 0.156. The number of carbonyl (C=O) groups is 1.